The fraction of sp³-hybridized carbons (Fsp3) is 0.333. The van der Waals surface area contributed by atoms with E-state index in [1.807, 2.05) is 0 Å². The lowest BCUT2D eigenvalue weighted by Crippen LogP contribution is -2.39. The summed E-state index contributed by atoms with van der Waals surface area (Å²) in [6.45, 7) is 2.70. The lowest BCUT2D eigenvalue weighted by atomic mass is 10.00. The molecule has 102 valence electrons. The second-order valence-corrected chi connectivity index (χ2v) is 7.40. The number of ketones is 1. The summed E-state index contributed by atoms with van der Waals surface area (Å²) in [7, 11) is -3.55. The minimum absolute atomic E-state index is 0.186. The van der Waals surface area contributed by atoms with Crippen LogP contribution < -0.4 is 5.76 Å². The van der Waals surface area contributed by atoms with Crippen LogP contribution in [0.25, 0.3) is 11.1 Å². The van der Waals surface area contributed by atoms with E-state index < -0.39 is 26.1 Å². The van der Waals surface area contributed by atoms with Crippen LogP contribution in [0.2, 0.25) is 0 Å². The van der Waals surface area contributed by atoms with Crippen molar-refractivity contribution in [1.82, 2.24) is 4.98 Å². The first-order chi connectivity index (χ1) is 8.63. The van der Waals surface area contributed by atoms with Gasteiger partial charge in [0.1, 0.15) is 4.75 Å². The van der Waals surface area contributed by atoms with Gasteiger partial charge in [-0.2, -0.15) is 0 Å². The number of H-pyrrole nitrogens is 1. The highest BCUT2D eigenvalue weighted by Gasteiger charge is 2.38. The summed E-state index contributed by atoms with van der Waals surface area (Å²) >= 11 is 0. The van der Waals surface area contributed by atoms with Gasteiger partial charge in [0.2, 0.25) is 0 Å². The lowest BCUT2D eigenvalue weighted by molar-refractivity contribution is 0.0954. The summed E-state index contributed by atoms with van der Waals surface area (Å²) < 4.78 is 26.6. The highest BCUT2D eigenvalue weighted by Crippen LogP contribution is 2.23. The van der Waals surface area contributed by atoms with Crippen LogP contribution in [0.5, 0.6) is 0 Å². The molecule has 0 aliphatic carbocycles. The second kappa shape index (κ2) is 4.06. The molecule has 0 aliphatic heterocycles. The number of rotatable bonds is 3. The van der Waals surface area contributed by atoms with Crippen LogP contribution in [0.1, 0.15) is 24.2 Å². The monoisotopic (exact) mass is 283 g/mol. The van der Waals surface area contributed by atoms with Crippen LogP contribution in [-0.4, -0.2) is 30.2 Å². The molecule has 0 radical (unpaired) electrons. The molecule has 0 saturated heterocycles. The summed E-state index contributed by atoms with van der Waals surface area (Å²) in [5, 5.41) is 0. The number of aromatic amines is 1. The SMILES string of the molecule is CC(C)(C(=O)c1ccc2[nH]c(=O)oc2c1)S(C)(=O)=O. The van der Waals surface area contributed by atoms with Crippen LogP contribution in [0.4, 0.5) is 0 Å². The van der Waals surface area contributed by atoms with Crippen molar-refractivity contribution in [3.05, 3.63) is 34.3 Å². The van der Waals surface area contributed by atoms with Gasteiger partial charge in [-0.05, 0) is 32.0 Å². The Hall–Kier alpha value is -1.89. The fourth-order valence-electron chi connectivity index (χ4n) is 1.60. The second-order valence-electron chi connectivity index (χ2n) is 4.84. The third-order valence-corrected chi connectivity index (χ3v) is 5.20. The summed E-state index contributed by atoms with van der Waals surface area (Å²) in [4.78, 5) is 25.7. The molecular weight excluding hydrogens is 270 g/mol. The standard InChI is InChI=1S/C12H13NO5S/c1-12(2,19(3,16)17)10(14)7-4-5-8-9(6-7)18-11(15)13-8/h4-6H,1-3H3,(H,13,15). The van der Waals surface area contributed by atoms with Crippen molar-refractivity contribution in [1.29, 1.82) is 0 Å². The van der Waals surface area contributed by atoms with E-state index in [-0.39, 0.29) is 11.1 Å². The highest BCUT2D eigenvalue weighted by molar-refractivity contribution is 7.92. The maximum absolute atomic E-state index is 12.3. The van der Waals surface area contributed by atoms with Crippen molar-refractivity contribution >= 4 is 26.7 Å². The Morgan fingerprint density at radius 1 is 1.32 bits per heavy atom. The van der Waals surface area contributed by atoms with E-state index in [0.29, 0.717) is 5.52 Å². The molecule has 0 unspecified atom stereocenters. The fourth-order valence-corrected chi connectivity index (χ4v) is 2.06. The first kappa shape index (κ1) is 13.5. The lowest BCUT2D eigenvalue weighted by Gasteiger charge is -2.20. The predicted molar refractivity (Wildman–Crippen MR) is 70.1 cm³/mol. The number of oxazole rings is 1. The maximum atomic E-state index is 12.3. The van der Waals surface area contributed by atoms with Gasteiger partial charge in [-0.15, -0.1) is 0 Å². The van der Waals surface area contributed by atoms with Crippen LogP contribution in [0.15, 0.2) is 27.4 Å². The quantitative estimate of drug-likeness (QED) is 0.851. The van der Waals surface area contributed by atoms with E-state index in [9.17, 15) is 18.0 Å². The summed E-state index contributed by atoms with van der Waals surface area (Å²) in [5.41, 5.74) is 0.865. The highest BCUT2D eigenvalue weighted by atomic mass is 32.2. The van der Waals surface area contributed by atoms with Crippen molar-refractivity contribution in [2.24, 2.45) is 0 Å². The number of sulfone groups is 1. The Balaban J connectivity index is 2.56. The summed E-state index contributed by atoms with van der Waals surface area (Å²) in [6, 6.07) is 4.33. The Labute approximate surface area is 109 Å². The zero-order valence-electron chi connectivity index (χ0n) is 10.7. The van der Waals surface area contributed by atoms with E-state index in [1.165, 1.54) is 32.0 Å². The normalized spacial score (nSPS) is 12.8. The van der Waals surface area contributed by atoms with Crippen molar-refractivity contribution in [3.63, 3.8) is 0 Å². The molecule has 1 aromatic carbocycles. The Kier molecular flexibility index (Phi) is 2.89. The Morgan fingerprint density at radius 2 is 1.95 bits per heavy atom. The van der Waals surface area contributed by atoms with Gasteiger partial charge in [0.25, 0.3) is 0 Å². The number of fused-ring (bicyclic) bond motifs is 1. The van der Waals surface area contributed by atoms with Gasteiger partial charge >= 0.3 is 5.76 Å². The van der Waals surface area contributed by atoms with Crippen LogP contribution in [0, 0.1) is 0 Å². The molecule has 0 bridgehead atoms. The topological polar surface area (TPSA) is 97.2 Å². The molecule has 0 aliphatic rings. The van der Waals surface area contributed by atoms with Gasteiger partial charge in [0, 0.05) is 11.8 Å². The number of carbonyl (C=O) groups excluding carboxylic acids is 1. The molecule has 1 aromatic heterocycles. The van der Waals surface area contributed by atoms with Crippen LogP contribution >= 0.6 is 0 Å². The van der Waals surface area contributed by atoms with Gasteiger partial charge in [-0.3, -0.25) is 9.78 Å². The first-order valence-corrected chi connectivity index (χ1v) is 7.39. The van der Waals surface area contributed by atoms with Gasteiger partial charge in [0.05, 0.1) is 5.52 Å². The number of hydrogen-bond donors (Lipinski definition) is 1. The summed E-state index contributed by atoms with van der Waals surface area (Å²) in [5.74, 6) is -1.16. The van der Waals surface area contributed by atoms with Gasteiger partial charge in [-0.25, -0.2) is 13.2 Å². The molecule has 2 aromatic rings. The number of Topliss-reactive ketones (excluding diaryl/α,β-unsaturated/α-hetero) is 1. The zero-order valence-corrected chi connectivity index (χ0v) is 11.5. The summed E-state index contributed by atoms with van der Waals surface area (Å²) in [6.07, 6.45) is 1.01. The number of nitrogens with one attached hydrogen (secondary N) is 1. The number of carbonyl (C=O) groups is 1. The van der Waals surface area contributed by atoms with Crippen molar-refractivity contribution < 1.29 is 17.6 Å². The smallest absolute Gasteiger partial charge is 0.408 e. The molecule has 0 spiro atoms. The number of aromatic nitrogens is 1. The number of hydrogen-bond acceptors (Lipinski definition) is 5. The van der Waals surface area contributed by atoms with Crippen molar-refractivity contribution in [3.8, 4) is 0 Å². The van der Waals surface area contributed by atoms with Crippen molar-refractivity contribution in [2.45, 2.75) is 18.6 Å². The Morgan fingerprint density at radius 3 is 2.53 bits per heavy atom. The maximum Gasteiger partial charge on any atom is 0.417 e. The van der Waals surface area contributed by atoms with Crippen LogP contribution in [0.3, 0.4) is 0 Å². The molecule has 19 heavy (non-hydrogen) atoms. The molecule has 2 rings (SSSR count). The van der Waals surface area contributed by atoms with Crippen LogP contribution in [-0.2, 0) is 9.84 Å². The molecular formula is C12H13NO5S. The molecule has 1 heterocycles. The average molecular weight is 283 g/mol. The Bertz CT molecular complexity index is 810. The van der Waals surface area contributed by atoms with E-state index in [4.69, 9.17) is 4.42 Å². The predicted octanol–water partition coefficient (Wildman–Crippen LogP) is 1.13. The van der Waals surface area contributed by atoms with E-state index >= 15 is 0 Å². The molecule has 0 saturated carbocycles. The van der Waals surface area contributed by atoms with E-state index in [1.54, 1.807) is 0 Å². The third kappa shape index (κ3) is 2.21. The number of benzene rings is 1. The van der Waals surface area contributed by atoms with Crippen molar-refractivity contribution in [2.75, 3.05) is 6.26 Å². The third-order valence-electron chi connectivity index (χ3n) is 3.16. The molecule has 1 N–H and O–H groups in total. The minimum atomic E-state index is -3.55. The minimum Gasteiger partial charge on any atom is -0.408 e. The molecule has 0 atom stereocenters. The molecule has 7 heteroatoms. The van der Waals surface area contributed by atoms with E-state index in [0.717, 1.165) is 6.26 Å². The van der Waals surface area contributed by atoms with Gasteiger partial charge < -0.3 is 4.42 Å². The molecule has 0 amide bonds. The average Bonchev–Trinajstić information content (AvgIpc) is 2.65. The van der Waals surface area contributed by atoms with E-state index in [2.05, 4.69) is 4.98 Å². The zero-order chi connectivity index (χ0) is 14.4. The first-order valence-electron chi connectivity index (χ1n) is 5.50. The van der Waals surface area contributed by atoms with Gasteiger partial charge in [-0.1, -0.05) is 0 Å². The van der Waals surface area contributed by atoms with Gasteiger partial charge in [0.15, 0.2) is 21.2 Å². The molecule has 6 nitrogen and oxygen atoms in total. The largest absolute Gasteiger partial charge is 0.417 e. The molecule has 0 fully saturated rings.